The number of rotatable bonds is 5. The lowest BCUT2D eigenvalue weighted by Crippen LogP contribution is -1.98. The maximum atomic E-state index is 10.8. The molecule has 0 fully saturated rings. The van der Waals surface area contributed by atoms with Gasteiger partial charge in [-0.25, -0.2) is 0 Å². The summed E-state index contributed by atoms with van der Waals surface area (Å²) in [5.74, 6) is 0.634. The highest BCUT2D eigenvalue weighted by Gasteiger charge is 2.09. The van der Waals surface area contributed by atoms with Crippen LogP contribution in [0.3, 0.4) is 0 Å². The van der Waals surface area contributed by atoms with E-state index in [2.05, 4.69) is 4.98 Å². The summed E-state index contributed by atoms with van der Waals surface area (Å²) in [6.45, 7) is 1.90. The number of hydrogen-bond donors (Lipinski definition) is 1. The third-order valence-electron chi connectivity index (χ3n) is 3.20. The summed E-state index contributed by atoms with van der Waals surface area (Å²) in [6.07, 6.45) is 0. The zero-order chi connectivity index (χ0) is 16.2. The first-order valence-electron chi connectivity index (χ1n) is 7.11. The molecule has 1 heterocycles. The van der Waals surface area contributed by atoms with E-state index < -0.39 is 5.97 Å². The van der Waals surface area contributed by atoms with Crippen molar-refractivity contribution in [2.24, 2.45) is 0 Å². The van der Waals surface area contributed by atoms with E-state index in [0.29, 0.717) is 5.75 Å². The molecule has 0 bridgehead atoms. The summed E-state index contributed by atoms with van der Waals surface area (Å²) in [4.78, 5) is 16.2. The number of benzene rings is 2. The van der Waals surface area contributed by atoms with Gasteiger partial charge in [-0.1, -0.05) is 18.2 Å². The maximum Gasteiger partial charge on any atom is 0.313 e. The smallest absolute Gasteiger partial charge is 0.313 e. The number of ether oxygens (including phenoxy) is 1. The van der Waals surface area contributed by atoms with Crippen LogP contribution >= 0.6 is 11.8 Å². The Labute approximate surface area is 138 Å². The van der Waals surface area contributed by atoms with Gasteiger partial charge in [0, 0.05) is 16.0 Å². The fourth-order valence-corrected chi connectivity index (χ4v) is 3.10. The van der Waals surface area contributed by atoms with Crippen LogP contribution in [0.15, 0.2) is 59.5 Å². The zero-order valence-electron chi connectivity index (χ0n) is 12.5. The molecule has 0 amide bonds. The molecule has 0 spiro atoms. The number of aromatic nitrogens is 1. The first kappa shape index (κ1) is 15.4. The second-order valence-corrected chi connectivity index (χ2v) is 6.06. The quantitative estimate of drug-likeness (QED) is 0.699. The molecule has 23 heavy (non-hydrogen) atoms. The van der Waals surface area contributed by atoms with Gasteiger partial charge in [0.1, 0.15) is 11.5 Å². The first-order chi connectivity index (χ1) is 11.1. The average Bonchev–Trinajstić information content (AvgIpc) is 2.54. The molecular formula is C18H15NO3S. The second-order valence-electron chi connectivity index (χ2n) is 5.04. The summed E-state index contributed by atoms with van der Waals surface area (Å²) in [5.41, 5.74) is 1.69. The number of aryl methyl sites for hydroxylation is 1. The molecule has 0 saturated carbocycles. The van der Waals surface area contributed by atoms with Crippen LogP contribution in [0.25, 0.3) is 10.9 Å². The summed E-state index contributed by atoms with van der Waals surface area (Å²) in [6, 6.07) is 17.1. The number of aliphatic carboxylic acids is 1. The molecule has 0 saturated heterocycles. The van der Waals surface area contributed by atoms with E-state index in [4.69, 9.17) is 9.84 Å². The lowest BCUT2D eigenvalue weighted by Gasteiger charge is -2.10. The SMILES string of the molecule is Cc1cc(SCC(=O)O)c2cc(Oc3ccccc3)ccc2n1. The largest absolute Gasteiger partial charge is 0.481 e. The van der Waals surface area contributed by atoms with Crippen LogP contribution in [0.5, 0.6) is 11.5 Å². The molecule has 0 aliphatic carbocycles. The molecule has 0 aliphatic rings. The van der Waals surface area contributed by atoms with Crippen molar-refractivity contribution in [1.82, 2.24) is 4.98 Å². The number of carboxylic acids is 1. The third kappa shape index (κ3) is 3.81. The van der Waals surface area contributed by atoms with Gasteiger partial charge < -0.3 is 9.84 Å². The Morgan fingerprint density at radius 3 is 2.65 bits per heavy atom. The van der Waals surface area contributed by atoms with Gasteiger partial charge in [0.25, 0.3) is 0 Å². The zero-order valence-corrected chi connectivity index (χ0v) is 13.3. The molecule has 4 nitrogen and oxygen atoms in total. The highest BCUT2D eigenvalue weighted by atomic mass is 32.2. The van der Waals surface area contributed by atoms with Gasteiger partial charge in [-0.3, -0.25) is 9.78 Å². The van der Waals surface area contributed by atoms with Crippen LogP contribution in [0.1, 0.15) is 5.69 Å². The fraction of sp³-hybridized carbons (Fsp3) is 0.111. The van der Waals surface area contributed by atoms with Crippen molar-refractivity contribution in [3.8, 4) is 11.5 Å². The topological polar surface area (TPSA) is 59.4 Å². The van der Waals surface area contributed by atoms with Gasteiger partial charge in [0.05, 0.1) is 11.3 Å². The van der Waals surface area contributed by atoms with Crippen LogP contribution in [-0.4, -0.2) is 21.8 Å². The molecule has 1 N–H and O–H groups in total. The van der Waals surface area contributed by atoms with Crippen molar-refractivity contribution in [3.05, 3.63) is 60.3 Å². The van der Waals surface area contributed by atoms with E-state index in [0.717, 1.165) is 27.2 Å². The lowest BCUT2D eigenvalue weighted by molar-refractivity contribution is -0.133. The number of carboxylic acid groups (broad SMARTS) is 1. The number of fused-ring (bicyclic) bond motifs is 1. The van der Waals surface area contributed by atoms with Crippen molar-refractivity contribution in [2.45, 2.75) is 11.8 Å². The maximum absolute atomic E-state index is 10.8. The van der Waals surface area contributed by atoms with Crippen LogP contribution in [0, 0.1) is 6.92 Å². The molecule has 0 unspecified atom stereocenters. The molecule has 3 aromatic rings. The van der Waals surface area contributed by atoms with Crippen molar-refractivity contribution >= 4 is 28.6 Å². The van der Waals surface area contributed by atoms with Gasteiger partial charge >= 0.3 is 5.97 Å². The summed E-state index contributed by atoms with van der Waals surface area (Å²) in [7, 11) is 0. The van der Waals surface area contributed by atoms with Crippen LogP contribution in [0.4, 0.5) is 0 Å². The van der Waals surface area contributed by atoms with Gasteiger partial charge in [-0.05, 0) is 43.3 Å². The van der Waals surface area contributed by atoms with Gasteiger partial charge in [-0.2, -0.15) is 0 Å². The summed E-state index contributed by atoms with van der Waals surface area (Å²) in [5, 5.41) is 9.80. The van der Waals surface area contributed by atoms with Gasteiger partial charge in [-0.15, -0.1) is 11.8 Å². The minimum atomic E-state index is -0.839. The predicted molar refractivity (Wildman–Crippen MR) is 91.4 cm³/mol. The molecular weight excluding hydrogens is 310 g/mol. The Bertz CT molecular complexity index is 850. The molecule has 5 heteroatoms. The van der Waals surface area contributed by atoms with E-state index in [-0.39, 0.29) is 5.75 Å². The number of pyridine rings is 1. The number of carbonyl (C=O) groups is 1. The van der Waals surface area contributed by atoms with E-state index in [1.807, 2.05) is 61.5 Å². The van der Waals surface area contributed by atoms with Gasteiger partial charge in [0.15, 0.2) is 0 Å². The van der Waals surface area contributed by atoms with E-state index in [9.17, 15) is 4.79 Å². The van der Waals surface area contributed by atoms with Crippen LogP contribution in [0.2, 0.25) is 0 Å². The highest BCUT2D eigenvalue weighted by Crippen LogP contribution is 2.32. The fourth-order valence-electron chi connectivity index (χ4n) is 2.25. The van der Waals surface area contributed by atoms with Crippen molar-refractivity contribution in [2.75, 3.05) is 5.75 Å². The summed E-state index contributed by atoms with van der Waals surface area (Å²) < 4.78 is 5.84. The molecule has 0 radical (unpaired) electrons. The van der Waals surface area contributed by atoms with Gasteiger partial charge in [0.2, 0.25) is 0 Å². The van der Waals surface area contributed by atoms with Crippen molar-refractivity contribution in [3.63, 3.8) is 0 Å². The molecule has 116 valence electrons. The molecule has 0 aliphatic heterocycles. The minimum Gasteiger partial charge on any atom is -0.481 e. The van der Waals surface area contributed by atoms with Crippen molar-refractivity contribution < 1.29 is 14.6 Å². The highest BCUT2D eigenvalue weighted by molar-refractivity contribution is 8.00. The van der Waals surface area contributed by atoms with Crippen molar-refractivity contribution in [1.29, 1.82) is 0 Å². The third-order valence-corrected chi connectivity index (χ3v) is 4.24. The lowest BCUT2D eigenvalue weighted by atomic mass is 10.2. The van der Waals surface area contributed by atoms with Crippen LogP contribution in [-0.2, 0) is 4.79 Å². The summed E-state index contributed by atoms with van der Waals surface area (Å²) >= 11 is 1.29. The number of hydrogen-bond acceptors (Lipinski definition) is 4. The van der Waals surface area contributed by atoms with E-state index in [1.54, 1.807) is 0 Å². The van der Waals surface area contributed by atoms with E-state index >= 15 is 0 Å². The Balaban J connectivity index is 1.98. The number of nitrogens with zero attached hydrogens (tertiary/aromatic N) is 1. The Hall–Kier alpha value is -2.53. The standard InChI is InChI=1S/C18H15NO3S/c1-12-9-17(23-11-18(20)21)15-10-14(7-8-16(15)19-12)22-13-5-3-2-4-6-13/h2-10H,11H2,1H3,(H,20,21). The molecule has 0 atom stereocenters. The molecule has 1 aromatic heterocycles. The Kier molecular flexibility index (Phi) is 4.48. The number of thioether (sulfide) groups is 1. The average molecular weight is 325 g/mol. The molecule has 2 aromatic carbocycles. The van der Waals surface area contributed by atoms with E-state index in [1.165, 1.54) is 11.8 Å². The molecule has 3 rings (SSSR count). The normalized spacial score (nSPS) is 10.7. The monoisotopic (exact) mass is 325 g/mol. The Morgan fingerprint density at radius 1 is 1.13 bits per heavy atom. The number of para-hydroxylation sites is 1. The minimum absolute atomic E-state index is 0.0162. The Morgan fingerprint density at radius 2 is 1.91 bits per heavy atom. The second kappa shape index (κ2) is 6.71. The predicted octanol–water partition coefficient (Wildman–Crippen LogP) is 4.51. The first-order valence-corrected chi connectivity index (χ1v) is 8.09. The van der Waals surface area contributed by atoms with Crippen LogP contribution < -0.4 is 4.74 Å².